The molecule has 0 amide bonds. The summed E-state index contributed by atoms with van der Waals surface area (Å²) in [4.78, 5) is 2.40. The maximum atomic E-state index is 3.92. The summed E-state index contributed by atoms with van der Waals surface area (Å²) in [6.07, 6.45) is 0. The summed E-state index contributed by atoms with van der Waals surface area (Å²) in [6.45, 7) is 28.7. The average Bonchev–Trinajstić information content (AvgIpc) is 3.50. The molecule has 0 bridgehead atoms. The Balaban J connectivity index is 1.55. The van der Waals surface area contributed by atoms with E-state index in [0.717, 1.165) is 0 Å². The molecule has 0 unspecified atom stereocenters. The van der Waals surface area contributed by atoms with Gasteiger partial charge >= 0.3 is 0 Å². The van der Waals surface area contributed by atoms with Crippen molar-refractivity contribution in [3.05, 3.63) is 58.3 Å². The standard InChI is InChI=1S/C40H50S2Si2/c1-25(2)43(26(3)4,27(5)6)15-13-37-21-35-19-31-17-32-20-36-22-38(14-16-44(28(7)8,29(9)10)30(11)12)42-40(36)24-34(32)18-33(31)23-39(35)41-37/h17-30H,1-12H3. The van der Waals surface area contributed by atoms with Crippen molar-refractivity contribution in [2.75, 3.05) is 0 Å². The third-order valence-corrected chi connectivity index (χ3v) is 25.2. The predicted molar refractivity (Wildman–Crippen MR) is 208 cm³/mol. The number of thiophene rings is 2. The molecule has 0 N–H and O–H groups in total. The number of rotatable bonds is 6. The molecular weight excluding hydrogens is 601 g/mol. The summed E-state index contributed by atoms with van der Waals surface area (Å²) >= 11 is 3.70. The van der Waals surface area contributed by atoms with Gasteiger partial charge in [0.1, 0.15) is 16.1 Å². The molecule has 0 saturated heterocycles. The average molecular weight is 651 g/mol. The van der Waals surface area contributed by atoms with Crippen molar-refractivity contribution in [3.63, 3.8) is 0 Å². The van der Waals surface area contributed by atoms with Crippen LogP contribution in [0.2, 0.25) is 33.2 Å². The van der Waals surface area contributed by atoms with E-state index >= 15 is 0 Å². The lowest BCUT2D eigenvalue weighted by Gasteiger charge is -2.38. The Kier molecular flexibility index (Phi) is 9.35. The molecule has 44 heavy (non-hydrogen) atoms. The van der Waals surface area contributed by atoms with E-state index in [1.165, 1.54) is 51.5 Å². The third-order valence-electron chi connectivity index (χ3n) is 10.6. The summed E-state index contributed by atoms with van der Waals surface area (Å²) in [7, 11) is -3.50. The molecule has 3 aromatic carbocycles. The number of fused-ring (bicyclic) bond motifs is 4. The summed E-state index contributed by atoms with van der Waals surface area (Å²) in [5, 5.41) is 7.82. The number of hydrogen-bond acceptors (Lipinski definition) is 2. The van der Waals surface area contributed by atoms with Gasteiger partial charge in [-0.05, 0) is 114 Å². The highest BCUT2D eigenvalue weighted by atomic mass is 32.1. The minimum Gasteiger partial charge on any atom is -0.127 e. The van der Waals surface area contributed by atoms with E-state index in [4.69, 9.17) is 0 Å². The van der Waals surface area contributed by atoms with Crippen LogP contribution in [0.3, 0.4) is 0 Å². The molecule has 5 aromatic rings. The van der Waals surface area contributed by atoms with Gasteiger partial charge in [-0.2, -0.15) is 0 Å². The topological polar surface area (TPSA) is 0 Å². The van der Waals surface area contributed by atoms with Crippen molar-refractivity contribution in [2.45, 2.75) is 116 Å². The van der Waals surface area contributed by atoms with Crippen LogP contribution in [0.4, 0.5) is 0 Å². The van der Waals surface area contributed by atoms with Gasteiger partial charge in [0, 0.05) is 9.40 Å². The van der Waals surface area contributed by atoms with E-state index in [0.29, 0.717) is 33.2 Å². The van der Waals surface area contributed by atoms with Crippen molar-refractivity contribution in [1.82, 2.24) is 0 Å². The van der Waals surface area contributed by atoms with Gasteiger partial charge in [-0.25, -0.2) is 0 Å². The van der Waals surface area contributed by atoms with E-state index in [-0.39, 0.29) is 0 Å². The first kappa shape index (κ1) is 33.0. The Morgan fingerprint density at radius 3 is 0.955 bits per heavy atom. The van der Waals surface area contributed by atoms with E-state index < -0.39 is 16.1 Å². The molecule has 0 aliphatic heterocycles. The minimum atomic E-state index is -1.75. The molecule has 0 saturated carbocycles. The minimum absolute atomic E-state index is 0.646. The Bertz CT molecular complexity index is 1690. The predicted octanol–water partition coefficient (Wildman–Crippen LogP) is 13.6. The van der Waals surface area contributed by atoms with Gasteiger partial charge in [0.05, 0.1) is 9.75 Å². The van der Waals surface area contributed by atoms with Gasteiger partial charge in [-0.1, -0.05) is 94.9 Å². The van der Waals surface area contributed by atoms with Gasteiger partial charge in [0.15, 0.2) is 0 Å². The Morgan fingerprint density at radius 2 is 0.659 bits per heavy atom. The van der Waals surface area contributed by atoms with E-state index in [2.05, 4.69) is 155 Å². The Labute approximate surface area is 276 Å². The van der Waals surface area contributed by atoms with Gasteiger partial charge < -0.3 is 0 Å². The summed E-state index contributed by atoms with van der Waals surface area (Å²) < 4.78 is 2.66. The molecule has 2 aromatic heterocycles. The first-order valence-electron chi connectivity index (χ1n) is 16.6. The SMILES string of the molecule is CC(C)[Si](C#Cc1cc2cc3cc4cc5cc(C#C[Si](C(C)C)(C(C)C)C(C)C)sc5cc4cc3cc2s1)(C(C)C)C(C)C. The van der Waals surface area contributed by atoms with Crippen LogP contribution in [-0.4, -0.2) is 16.1 Å². The van der Waals surface area contributed by atoms with Crippen LogP contribution in [0.15, 0.2) is 48.5 Å². The van der Waals surface area contributed by atoms with Crippen molar-refractivity contribution in [3.8, 4) is 22.9 Å². The van der Waals surface area contributed by atoms with Crippen molar-refractivity contribution >= 4 is 80.5 Å². The quantitative estimate of drug-likeness (QED) is 0.0974. The Hall–Kier alpha value is -2.35. The highest BCUT2D eigenvalue weighted by Crippen LogP contribution is 2.42. The smallest absolute Gasteiger partial charge is 0.127 e. The van der Waals surface area contributed by atoms with Crippen molar-refractivity contribution in [2.24, 2.45) is 0 Å². The van der Waals surface area contributed by atoms with Crippen molar-refractivity contribution < 1.29 is 0 Å². The zero-order valence-corrected chi connectivity index (χ0v) is 32.5. The highest BCUT2D eigenvalue weighted by Gasteiger charge is 2.42. The second kappa shape index (κ2) is 12.5. The zero-order valence-electron chi connectivity index (χ0n) is 28.9. The molecule has 5 rings (SSSR count). The fourth-order valence-electron chi connectivity index (χ4n) is 8.40. The summed E-state index contributed by atoms with van der Waals surface area (Å²) in [5.74, 6) is 7.38. The number of benzene rings is 3. The fourth-order valence-corrected chi connectivity index (χ4v) is 20.9. The second-order valence-electron chi connectivity index (χ2n) is 14.8. The van der Waals surface area contributed by atoms with Gasteiger partial charge in [0.2, 0.25) is 0 Å². The summed E-state index contributed by atoms with van der Waals surface area (Å²) in [5.41, 5.74) is 11.7. The van der Waals surface area contributed by atoms with Crippen LogP contribution < -0.4 is 0 Å². The normalized spacial score (nSPS) is 13.0. The lowest BCUT2D eigenvalue weighted by atomic mass is 10.0. The molecule has 0 aliphatic carbocycles. The molecule has 0 fully saturated rings. The lowest BCUT2D eigenvalue weighted by molar-refractivity contribution is 0.838. The van der Waals surface area contributed by atoms with Gasteiger partial charge in [-0.15, -0.1) is 33.8 Å². The number of hydrogen-bond donors (Lipinski definition) is 0. The fraction of sp³-hybridized carbons (Fsp3) is 0.450. The maximum Gasteiger partial charge on any atom is 0.146 e. The molecule has 0 aliphatic rings. The van der Waals surface area contributed by atoms with Crippen LogP contribution in [0, 0.1) is 22.9 Å². The monoisotopic (exact) mass is 650 g/mol. The molecule has 0 spiro atoms. The van der Waals surface area contributed by atoms with E-state index in [9.17, 15) is 0 Å². The lowest BCUT2D eigenvalue weighted by Crippen LogP contribution is -2.43. The maximum absolute atomic E-state index is 3.92. The molecular formula is C40H50S2Si2. The van der Waals surface area contributed by atoms with Crippen LogP contribution in [0.5, 0.6) is 0 Å². The van der Waals surface area contributed by atoms with Crippen LogP contribution >= 0.6 is 22.7 Å². The molecule has 0 atom stereocenters. The van der Waals surface area contributed by atoms with Gasteiger partial charge in [-0.3, -0.25) is 0 Å². The van der Waals surface area contributed by atoms with E-state index in [1.54, 1.807) is 0 Å². The van der Waals surface area contributed by atoms with Gasteiger partial charge in [0.25, 0.3) is 0 Å². The van der Waals surface area contributed by atoms with Crippen LogP contribution in [0.1, 0.15) is 92.8 Å². The first-order valence-corrected chi connectivity index (χ1v) is 22.7. The Morgan fingerprint density at radius 1 is 0.386 bits per heavy atom. The second-order valence-corrected chi connectivity index (χ2v) is 28.2. The highest BCUT2D eigenvalue weighted by molar-refractivity contribution is 7.20. The van der Waals surface area contributed by atoms with Crippen LogP contribution in [0.25, 0.3) is 41.7 Å². The summed E-state index contributed by atoms with van der Waals surface area (Å²) in [6, 6.07) is 18.9. The molecule has 2 heterocycles. The molecule has 230 valence electrons. The van der Waals surface area contributed by atoms with Crippen LogP contribution in [-0.2, 0) is 0 Å². The van der Waals surface area contributed by atoms with E-state index in [1.807, 2.05) is 22.7 Å². The molecule has 4 heteroatoms. The molecule has 0 nitrogen and oxygen atoms in total. The largest absolute Gasteiger partial charge is 0.146 e. The third kappa shape index (κ3) is 5.73. The zero-order chi connectivity index (χ0) is 32.1. The first-order chi connectivity index (χ1) is 20.7. The van der Waals surface area contributed by atoms with Crippen molar-refractivity contribution in [1.29, 1.82) is 0 Å². The molecule has 0 radical (unpaired) electrons.